The van der Waals surface area contributed by atoms with E-state index in [2.05, 4.69) is 41.8 Å². The van der Waals surface area contributed by atoms with E-state index < -0.39 is 6.10 Å². The minimum atomic E-state index is -0.505. The standard InChI is InChI=1S/C19H33N3O3/c1-5-20(2)13-16-6-7-18(24-4)19(12-16)25-15-17(23)14-22-10-8-21(3)9-11-22/h6-7,12,17,23H,5,8-11,13-15H2,1-4H3. The molecular formula is C19H33N3O3. The van der Waals surface area contributed by atoms with Crippen LogP contribution in [0, 0.1) is 0 Å². The molecule has 1 unspecified atom stereocenters. The lowest BCUT2D eigenvalue weighted by Crippen LogP contribution is -2.47. The summed E-state index contributed by atoms with van der Waals surface area (Å²) in [5.41, 5.74) is 1.17. The van der Waals surface area contributed by atoms with E-state index in [0.29, 0.717) is 18.0 Å². The van der Waals surface area contributed by atoms with Gasteiger partial charge in [-0.25, -0.2) is 0 Å². The maximum atomic E-state index is 10.3. The number of hydrogen-bond acceptors (Lipinski definition) is 6. The van der Waals surface area contributed by atoms with Crippen molar-refractivity contribution in [2.75, 3.05) is 67.1 Å². The third-order valence-electron chi connectivity index (χ3n) is 4.72. The maximum absolute atomic E-state index is 10.3. The Kier molecular flexibility index (Phi) is 7.96. The van der Waals surface area contributed by atoms with E-state index in [4.69, 9.17) is 9.47 Å². The second-order valence-electron chi connectivity index (χ2n) is 6.88. The SMILES string of the molecule is CCN(C)Cc1ccc(OC)c(OCC(O)CN2CCN(C)CC2)c1. The molecule has 142 valence electrons. The summed E-state index contributed by atoms with van der Waals surface area (Å²) in [6.45, 7) is 9.00. The fraction of sp³-hybridized carbons (Fsp3) is 0.684. The van der Waals surface area contributed by atoms with Gasteiger partial charge in [-0.05, 0) is 38.3 Å². The van der Waals surface area contributed by atoms with E-state index in [0.717, 1.165) is 39.3 Å². The zero-order valence-electron chi connectivity index (χ0n) is 16.1. The van der Waals surface area contributed by atoms with Gasteiger partial charge in [-0.3, -0.25) is 4.90 Å². The first-order valence-corrected chi connectivity index (χ1v) is 9.09. The van der Waals surface area contributed by atoms with Gasteiger partial charge in [-0.15, -0.1) is 0 Å². The van der Waals surface area contributed by atoms with Crippen LogP contribution >= 0.6 is 0 Å². The molecule has 0 radical (unpaired) electrons. The Hall–Kier alpha value is -1.34. The monoisotopic (exact) mass is 351 g/mol. The quantitative estimate of drug-likeness (QED) is 0.720. The molecule has 1 saturated heterocycles. The van der Waals surface area contributed by atoms with Crippen molar-refractivity contribution < 1.29 is 14.6 Å². The lowest BCUT2D eigenvalue weighted by Gasteiger charge is -2.33. The Morgan fingerprint density at radius 1 is 1.20 bits per heavy atom. The minimum absolute atomic E-state index is 0.274. The number of piperazine rings is 1. The van der Waals surface area contributed by atoms with Crippen molar-refractivity contribution in [2.24, 2.45) is 0 Å². The summed E-state index contributed by atoms with van der Waals surface area (Å²) in [5.74, 6) is 1.40. The van der Waals surface area contributed by atoms with Crippen molar-refractivity contribution in [3.05, 3.63) is 23.8 Å². The molecule has 1 aromatic carbocycles. The molecule has 1 aromatic rings. The van der Waals surface area contributed by atoms with Gasteiger partial charge in [-0.2, -0.15) is 0 Å². The van der Waals surface area contributed by atoms with Gasteiger partial charge in [0.2, 0.25) is 0 Å². The molecule has 1 N–H and O–H groups in total. The lowest BCUT2D eigenvalue weighted by molar-refractivity contribution is 0.0497. The van der Waals surface area contributed by atoms with Crippen LogP contribution in [0.25, 0.3) is 0 Å². The van der Waals surface area contributed by atoms with E-state index in [1.165, 1.54) is 5.56 Å². The summed E-state index contributed by atoms with van der Waals surface area (Å²) in [5, 5.41) is 10.3. The van der Waals surface area contributed by atoms with Crippen LogP contribution in [0.1, 0.15) is 12.5 Å². The van der Waals surface area contributed by atoms with E-state index in [9.17, 15) is 5.11 Å². The van der Waals surface area contributed by atoms with Gasteiger partial charge >= 0.3 is 0 Å². The summed E-state index contributed by atoms with van der Waals surface area (Å²) in [4.78, 5) is 6.83. The number of aliphatic hydroxyl groups excluding tert-OH is 1. The van der Waals surface area contributed by atoms with Crippen LogP contribution in [-0.4, -0.2) is 93.0 Å². The van der Waals surface area contributed by atoms with Crippen LogP contribution in [-0.2, 0) is 6.54 Å². The fourth-order valence-corrected chi connectivity index (χ4v) is 2.92. The predicted octanol–water partition coefficient (Wildman–Crippen LogP) is 1.13. The molecule has 6 heteroatoms. The number of hydrogen-bond donors (Lipinski definition) is 1. The van der Waals surface area contributed by atoms with E-state index in [-0.39, 0.29) is 6.61 Å². The molecule has 1 heterocycles. The second-order valence-corrected chi connectivity index (χ2v) is 6.88. The Bertz CT molecular complexity index is 519. The van der Waals surface area contributed by atoms with Crippen LogP contribution < -0.4 is 9.47 Å². The van der Waals surface area contributed by atoms with E-state index in [1.807, 2.05) is 12.1 Å². The highest BCUT2D eigenvalue weighted by molar-refractivity contribution is 5.43. The first-order chi connectivity index (χ1) is 12.0. The van der Waals surface area contributed by atoms with E-state index >= 15 is 0 Å². The van der Waals surface area contributed by atoms with Crippen molar-refractivity contribution in [3.8, 4) is 11.5 Å². The van der Waals surface area contributed by atoms with Crippen molar-refractivity contribution >= 4 is 0 Å². The smallest absolute Gasteiger partial charge is 0.161 e. The second kappa shape index (κ2) is 9.97. The van der Waals surface area contributed by atoms with Gasteiger partial charge in [-0.1, -0.05) is 13.0 Å². The van der Waals surface area contributed by atoms with Gasteiger partial charge in [0.05, 0.1) is 7.11 Å². The lowest BCUT2D eigenvalue weighted by atomic mass is 10.2. The molecule has 0 saturated carbocycles. The minimum Gasteiger partial charge on any atom is -0.493 e. The molecule has 1 fully saturated rings. The van der Waals surface area contributed by atoms with Crippen LogP contribution in [0.15, 0.2) is 18.2 Å². The highest BCUT2D eigenvalue weighted by atomic mass is 16.5. The first-order valence-electron chi connectivity index (χ1n) is 9.09. The summed E-state index contributed by atoms with van der Waals surface area (Å²) in [6.07, 6.45) is -0.505. The predicted molar refractivity (Wildman–Crippen MR) is 100 cm³/mol. The number of rotatable bonds is 9. The summed E-state index contributed by atoms with van der Waals surface area (Å²) in [6, 6.07) is 5.99. The zero-order chi connectivity index (χ0) is 18.2. The van der Waals surface area contributed by atoms with Crippen LogP contribution in [0.3, 0.4) is 0 Å². The number of ether oxygens (including phenoxy) is 2. The average molecular weight is 351 g/mol. The Morgan fingerprint density at radius 3 is 2.56 bits per heavy atom. The van der Waals surface area contributed by atoms with Crippen LogP contribution in [0.4, 0.5) is 0 Å². The van der Waals surface area contributed by atoms with Gasteiger partial charge in [0.15, 0.2) is 11.5 Å². The molecule has 0 spiro atoms. The summed E-state index contributed by atoms with van der Waals surface area (Å²) in [7, 11) is 5.86. The number of β-amino-alcohol motifs (C(OH)–C–C–N with tert-alkyl or cyclic N) is 1. The molecule has 0 bridgehead atoms. The van der Waals surface area contributed by atoms with Gasteiger partial charge in [0.1, 0.15) is 12.7 Å². The molecule has 0 aliphatic carbocycles. The summed E-state index contributed by atoms with van der Waals surface area (Å²) >= 11 is 0. The molecular weight excluding hydrogens is 318 g/mol. The van der Waals surface area contributed by atoms with Gasteiger partial charge in [0, 0.05) is 39.3 Å². The maximum Gasteiger partial charge on any atom is 0.161 e. The molecule has 0 aromatic heterocycles. The largest absolute Gasteiger partial charge is 0.493 e. The fourth-order valence-electron chi connectivity index (χ4n) is 2.92. The number of methoxy groups -OCH3 is 1. The molecule has 1 aliphatic rings. The van der Waals surface area contributed by atoms with Crippen LogP contribution in [0.5, 0.6) is 11.5 Å². The first kappa shape index (κ1) is 20.0. The van der Waals surface area contributed by atoms with Crippen molar-refractivity contribution in [3.63, 3.8) is 0 Å². The van der Waals surface area contributed by atoms with Crippen molar-refractivity contribution in [1.29, 1.82) is 0 Å². The normalized spacial score (nSPS) is 17.7. The molecule has 0 amide bonds. The Balaban J connectivity index is 1.88. The highest BCUT2D eigenvalue weighted by Crippen LogP contribution is 2.28. The topological polar surface area (TPSA) is 48.4 Å². The molecule has 1 atom stereocenters. The number of nitrogens with zero attached hydrogens (tertiary/aromatic N) is 3. The van der Waals surface area contributed by atoms with Crippen LogP contribution in [0.2, 0.25) is 0 Å². The average Bonchev–Trinajstić information content (AvgIpc) is 2.62. The highest BCUT2D eigenvalue weighted by Gasteiger charge is 2.18. The Morgan fingerprint density at radius 2 is 1.92 bits per heavy atom. The van der Waals surface area contributed by atoms with Gasteiger partial charge in [0.25, 0.3) is 0 Å². The zero-order valence-corrected chi connectivity index (χ0v) is 16.1. The summed E-state index contributed by atoms with van der Waals surface area (Å²) < 4.78 is 11.3. The number of aliphatic hydroxyl groups is 1. The third kappa shape index (κ3) is 6.47. The third-order valence-corrected chi connectivity index (χ3v) is 4.72. The number of likely N-dealkylation sites (N-methyl/N-ethyl adjacent to an activating group) is 1. The Labute approximate surface area is 151 Å². The number of benzene rings is 1. The van der Waals surface area contributed by atoms with Crippen molar-refractivity contribution in [2.45, 2.75) is 19.6 Å². The van der Waals surface area contributed by atoms with Crippen molar-refractivity contribution in [1.82, 2.24) is 14.7 Å². The van der Waals surface area contributed by atoms with E-state index in [1.54, 1.807) is 7.11 Å². The van der Waals surface area contributed by atoms with Gasteiger partial charge < -0.3 is 24.4 Å². The molecule has 2 rings (SSSR count). The molecule has 6 nitrogen and oxygen atoms in total. The molecule has 25 heavy (non-hydrogen) atoms. The molecule has 1 aliphatic heterocycles.